The number of alkyl halides is 2. The number of carbonyl (C=O) groups is 6. The van der Waals surface area contributed by atoms with E-state index in [1.54, 1.807) is 28.0 Å². The molecule has 2 fully saturated rings. The number of aromatic nitrogens is 1. The maximum atomic E-state index is 14.8. The van der Waals surface area contributed by atoms with Gasteiger partial charge in [0.25, 0.3) is 17.7 Å². The zero-order chi connectivity index (χ0) is 77.3. The average Bonchev–Trinajstić information content (AvgIpc) is 1.65. The van der Waals surface area contributed by atoms with Crippen LogP contribution in [0.3, 0.4) is 0 Å². The van der Waals surface area contributed by atoms with Crippen LogP contribution in [0.4, 0.5) is 11.4 Å². The number of nitrogens with zero attached hydrogens (tertiary/aromatic N) is 3. The molecule has 0 bridgehead atoms. The molecule has 26 heteroatoms. The Kier molecular flexibility index (Phi) is 32.0. The minimum atomic E-state index is -1.10. The fourth-order valence-electron chi connectivity index (χ4n) is 14.2. The van der Waals surface area contributed by atoms with Crippen molar-refractivity contribution in [2.24, 2.45) is 29.6 Å². The number of anilines is 2. The highest BCUT2D eigenvalue weighted by Crippen LogP contribution is 2.49. The Morgan fingerprint density at radius 2 is 1.03 bits per heavy atom. The Morgan fingerprint density at radius 3 is 1.54 bits per heavy atom. The number of nitrogens with one attached hydrogen (secondary N) is 1. The first-order chi connectivity index (χ1) is 52.9. The Morgan fingerprint density at radius 1 is 0.532 bits per heavy atom. The number of halogens is 2. The molecule has 0 unspecified atom stereocenters. The third kappa shape index (κ3) is 22.1. The van der Waals surface area contributed by atoms with Crippen molar-refractivity contribution in [1.29, 1.82) is 0 Å². The molecule has 0 aliphatic carbocycles. The van der Waals surface area contributed by atoms with Gasteiger partial charge >= 0.3 is 11.9 Å². The quantitative estimate of drug-likeness (QED) is 0.0123. The van der Waals surface area contributed by atoms with Gasteiger partial charge in [0.1, 0.15) is 41.9 Å². The molecule has 588 valence electrons. The van der Waals surface area contributed by atoms with Gasteiger partial charge in [-0.05, 0) is 82.0 Å². The molecule has 4 aliphatic rings. The van der Waals surface area contributed by atoms with Crippen molar-refractivity contribution in [3.63, 3.8) is 0 Å². The number of rotatable bonds is 41. The number of pyridine rings is 1. The minimum Gasteiger partial charge on any atom is -0.491 e. The summed E-state index contributed by atoms with van der Waals surface area (Å²) in [5.74, 6) is 0.0621. The van der Waals surface area contributed by atoms with Crippen LogP contribution < -0.4 is 29.3 Å². The number of carbonyl (C=O) groups excluding carboxylic acids is 6. The Bertz CT molecular complexity index is 4100. The van der Waals surface area contributed by atoms with Crippen LogP contribution in [0.25, 0.3) is 33.7 Å². The molecule has 12 atom stereocenters. The van der Waals surface area contributed by atoms with Crippen LogP contribution in [0.1, 0.15) is 117 Å². The second-order valence-corrected chi connectivity index (χ2v) is 28.2. The van der Waals surface area contributed by atoms with Gasteiger partial charge in [-0.3, -0.25) is 28.8 Å². The summed E-state index contributed by atoms with van der Waals surface area (Å²) in [5.41, 5.74) is 4.77. The largest absolute Gasteiger partial charge is 0.491 e. The molecule has 0 radical (unpaired) electrons. The van der Waals surface area contributed by atoms with Gasteiger partial charge < -0.3 is 81.4 Å². The standard InChI is InChI=1S/C83H102Cl2N4O20/c1-9-71-53(3)52(2)56(6)82(106-71)107-73-44-69-78(66-18-12-10-16-64(66)73)62(47-85)49-89(69)77(94)26-24-60-23-21-59(43-72(60)103-42-41-102-40-39-101-38-37-100-36-35-99-34-33-98-32-31-97-30-29-96-28-27-86-81(95)68-20-14-15-63(50-90)87-68)22-25-76(93)88-48-61(46-84)79-67-19-13-11-17-65(67)74(45-70(79)88)108-83-80(105-58(8)92)55(5)54(4)75(109-83)51-104-57(7)91/h10-26,43-45,50,52-56,61-62,71,75,80,82-83H,9,27-42,46-49,51H2,1-8H3,(H,86,95)/b25-22+,26-24+/t52-,53+,54+,55-,56+,61+,62+,71+,75+,80+,82-,83+/m0/s1. The summed E-state index contributed by atoms with van der Waals surface area (Å²) in [7, 11) is 0. The zero-order valence-electron chi connectivity index (χ0n) is 63.4. The monoisotopic (exact) mass is 1540 g/mol. The van der Waals surface area contributed by atoms with Crippen molar-refractivity contribution in [2.75, 3.05) is 147 Å². The third-order valence-corrected chi connectivity index (χ3v) is 21.3. The summed E-state index contributed by atoms with van der Waals surface area (Å²) in [6.07, 6.45) is 4.99. The molecule has 3 amide bonds. The highest BCUT2D eigenvalue weighted by atomic mass is 35.5. The number of esters is 2. The lowest BCUT2D eigenvalue weighted by atomic mass is 9.78. The van der Waals surface area contributed by atoms with Gasteiger partial charge in [-0.1, -0.05) is 108 Å². The first-order valence-electron chi connectivity index (χ1n) is 37.6. The van der Waals surface area contributed by atoms with E-state index in [9.17, 15) is 28.8 Å². The molecule has 0 spiro atoms. The van der Waals surface area contributed by atoms with Gasteiger partial charge in [-0.25, -0.2) is 4.98 Å². The average molecular weight is 1550 g/mol. The smallest absolute Gasteiger partial charge is 0.303 e. The molecular weight excluding hydrogens is 1440 g/mol. The number of hydrogen-bond acceptors (Lipinski definition) is 21. The number of benzene rings is 5. The Labute approximate surface area is 647 Å². The number of aldehydes is 1. The lowest BCUT2D eigenvalue weighted by Gasteiger charge is -2.43. The minimum absolute atomic E-state index is 0.0233. The summed E-state index contributed by atoms with van der Waals surface area (Å²) in [6.45, 7) is 21.3. The molecule has 1 aromatic heterocycles. The van der Waals surface area contributed by atoms with Crippen LogP contribution >= 0.6 is 23.2 Å². The Balaban J connectivity index is 0.748. The molecule has 24 nitrogen and oxygen atoms in total. The van der Waals surface area contributed by atoms with E-state index < -0.39 is 36.7 Å². The van der Waals surface area contributed by atoms with Crippen LogP contribution in [0.15, 0.2) is 109 Å². The second kappa shape index (κ2) is 41.8. The van der Waals surface area contributed by atoms with Crippen molar-refractivity contribution in [1.82, 2.24) is 10.3 Å². The summed E-state index contributed by atoms with van der Waals surface area (Å²) < 4.78 is 84.1. The maximum absolute atomic E-state index is 14.8. The van der Waals surface area contributed by atoms with E-state index in [0.29, 0.717) is 150 Å². The van der Waals surface area contributed by atoms with E-state index in [4.69, 9.17) is 89.5 Å². The molecule has 1 N–H and O–H groups in total. The normalized spacial score (nSPS) is 22.4. The zero-order valence-corrected chi connectivity index (χ0v) is 64.9. The van der Waals surface area contributed by atoms with E-state index in [-0.39, 0.29) is 104 Å². The van der Waals surface area contributed by atoms with E-state index >= 15 is 0 Å². The molecular formula is C83H102Cl2N4O20. The fraction of sp³-hybridized carbons (Fsp3) is 0.506. The van der Waals surface area contributed by atoms with Crippen LogP contribution in [0.5, 0.6) is 17.2 Å². The van der Waals surface area contributed by atoms with Gasteiger partial charge in [-0.15, -0.1) is 23.2 Å². The summed E-state index contributed by atoms with van der Waals surface area (Å²) in [5, 5.41) is 6.15. The molecule has 5 aromatic carbocycles. The molecule has 10 rings (SSSR count). The van der Waals surface area contributed by atoms with Gasteiger partial charge in [-0.2, -0.15) is 0 Å². The van der Waals surface area contributed by atoms with Crippen molar-refractivity contribution >= 4 is 104 Å². The highest BCUT2D eigenvalue weighted by molar-refractivity contribution is 6.20. The van der Waals surface area contributed by atoms with Gasteiger partial charge in [0.2, 0.25) is 12.6 Å². The van der Waals surface area contributed by atoms with Crippen LogP contribution in [-0.2, 0) is 71.3 Å². The van der Waals surface area contributed by atoms with Crippen LogP contribution in [0, 0.1) is 29.6 Å². The summed E-state index contributed by atoms with van der Waals surface area (Å²) in [4.78, 5) is 84.5. The molecule has 2 saturated heterocycles. The first-order valence-corrected chi connectivity index (χ1v) is 38.7. The molecule has 6 aromatic rings. The molecule has 4 aliphatic heterocycles. The van der Waals surface area contributed by atoms with Crippen molar-refractivity contribution in [3.8, 4) is 17.2 Å². The number of ether oxygens (including phenoxy) is 14. The lowest BCUT2D eigenvalue weighted by molar-refractivity contribution is -0.253. The lowest BCUT2D eigenvalue weighted by Crippen LogP contribution is -2.54. The predicted octanol–water partition coefficient (Wildman–Crippen LogP) is 12.2. The number of amides is 3. The predicted molar refractivity (Wildman–Crippen MR) is 414 cm³/mol. The van der Waals surface area contributed by atoms with Crippen LogP contribution in [-0.4, -0.2) is 209 Å². The van der Waals surface area contributed by atoms with Gasteiger partial charge in [0.15, 0.2) is 12.4 Å². The molecule has 5 heterocycles. The van der Waals surface area contributed by atoms with Gasteiger partial charge in [0.05, 0.1) is 116 Å². The van der Waals surface area contributed by atoms with Gasteiger partial charge in [0, 0.05) is 110 Å². The number of hydrogen-bond donors (Lipinski definition) is 1. The molecule has 0 saturated carbocycles. The first kappa shape index (κ1) is 83.4. The summed E-state index contributed by atoms with van der Waals surface area (Å²) in [6, 6.07) is 29.7. The van der Waals surface area contributed by atoms with E-state index in [0.717, 1.165) is 44.8 Å². The van der Waals surface area contributed by atoms with E-state index in [1.807, 2.05) is 86.6 Å². The topological polar surface area (TPSA) is 263 Å². The van der Waals surface area contributed by atoms with E-state index in [2.05, 4.69) is 44.1 Å². The number of fused-ring (bicyclic) bond motifs is 6. The SMILES string of the molecule is CC[C@H]1O[C@@H](Oc2cc3c(c4ccccc24)[C@H](CCl)CN3C(=O)/C=C/c2ccc(/C=C/C(=O)N3C[C@@H](CCl)c4c3cc(O[C@@H]3O[C@H](COC(C)=O)[C@H](C)[C@H](C)[C@H]3OC(C)=O)c3ccccc43)cc2OCCOCCOCCOCCOCCOCCOCCOCCNC(=O)c2cccc(C=O)n2)[C@H](C)[C@@H](C)[C@H]1C. The Hall–Kier alpha value is -8.11. The van der Waals surface area contributed by atoms with E-state index in [1.165, 1.54) is 38.1 Å². The van der Waals surface area contributed by atoms with Crippen molar-refractivity contribution in [2.45, 2.75) is 105 Å². The van der Waals surface area contributed by atoms with Crippen molar-refractivity contribution < 1.29 is 95.1 Å². The highest BCUT2D eigenvalue weighted by Gasteiger charge is 2.47. The third-order valence-electron chi connectivity index (χ3n) is 20.5. The maximum Gasteiger partial charge on any atom is 0.303 e. The molecule has 109 heavy (non-hydrogen) atoms. The van der Waals surface area contributed by atoms with Crippen LogP contribution in [0.2, 0.25) is 0 Å². The second-order valence-electron chi connectivity index (χ2n) is 27.6. The summed E-state index contributed by atoms with van der Waals surface area (Å²) >= 11 is 13.5. The fourth-order valence-corrected chi connectivity index (χ4v) is 14.7. The van der Waals surface area contributed by atoms with Crippen molar-refractivity contribution in [3.05, 3.63) is 143 Å².